The first kappa shape index (κ1) is 16.4. The van der Waals surface area contributed by atoms with Gasteiger partial charge in [-0.2, -0.15) is 0 Å². The van der Waals surface area contributed by atoms with Gasteiger partial charge in [0, 0.05) is 35.9 Å². The second-order valence-corrected chi connectivity index (χ2v) is 8.37. The lowest BCUT2D eigenvalue weighted by atomic mass is 10.00. The zero-order valence-corrected chi connectivity index (χ0v) is 14.8. The first-order valence-corrected chi connectivity index (χ1v) is 9.04. The third-order valence-electron chi connectivity index (χ3n) is 4.51. The van der Waals surface area contributed by atoms with Gasteiger partial charge >= 0.3 is 0 Å². The normalized spacial score (nSPS) is 30.3. The molecule has 2 fully saturated rings. The molecule has 3 heterocycles. The van der Waals surface area contributed by atoms with Gasteiger partial charge in [-0.3, -0.25) is 4.90 Å². The minimum Gasteiger partial charge on any atom is -0.377 e. The van der Waals surface area contributed by atoms with Crippen molar-refractivity contribution in [2.45, 2.75) is 38.0 Å². The van der Waals surface area contributed by atoms with Gasteiger partial charge in [-0.1, -0.05) is 0 Å². The van der Waals surface area contributed by atoms with Crippen LogP contribution in [-0.4, -0.2) is 68.4 Å². The van der Waals surface area contributed by atoms with E-state index in [0.717, 1.165) is 52.2 Å². The Morgan fingerprint density at radius 3 is 3.00 bits per heavy atom. The van der Waals surface area contributed by atoms with Crippen LogP contribution in [0, 0.1) is 6.92 Å². The molecular weight excluding hydrogens is 296 g/mol. The highest BCUT2D eigenvalue weighted by molar-refractivity contribution is 7.11. The first-order chi connectivity index (χ1) is 10.5. The van der Waals surface area contributed by atoms with Crippen molar-refractivity contribution in [1.82, 2.24) is 9.80 Å². The molecule has 5 heteroatoms. The summed E-state index contributed by atoms with van der Waals surface area (Å²) >= 11 is 1.90. The number of hydrogen-bond donors (Lipinski definition) is 0. The lowest BCUT2D eigenvalue weighted by Gasteiger charge is -2.32. The fourth-order valence-corrected chi connectivity index (χ4v) is 4.50. The SMILES string of the molecule is Cc1ccc(CN2CCOCC3(CCC(CN(C)C)O3)C2)s1. The van der Waals surface area contributed by atoms with Crippen molar-refractivity contribution in [2.75, 3.05) is 46.9 Å². The molecule has 22 heavy (non-hydrogen) atoms. The summed E-state index contributed by atoms with van der Waals surface area (Å²) in [7, 11) is 4.23. The quantitative estimate of drug-likeness (QED) is 0.849. The molecule has 2 unspecified atom stereocenters. The van der Waals surface area contributed by atoms with Crippen LogP contribution >= 0.6 is 11.3 Å². The van der Waals surface area contributed by atoms with Gasteiger partial charge in [0.15, 0.2) is 0 Å². The van der Waals surface area contributed by atoms with E-state index in [1.54, 1.807) is 0 Å². The summed E-state index contributed by atoms with van der Waals surface area (Å²) < 4.78 is 12.3. The summed E-state index contributed by atoms with van der Waals surface area (Å²) in [6, 6.07) is 4.46. The van der Waals surface area contributed by atoms with Crippen LogP contribution in [0.1, 0.15) is 22.6 Å². The van der Waals surface area contributed by atoms with Crippen LogP contribution in [0.3, 0.4) is 0 Å². The van der Waals surface area contributed by atoms with E-state index < -0.39 is 0 Å². The molecule has 1 spiro atoms. The molecule has 3 rings (SSSR count). The molecule has 124 valence electrons. The number of ether oxygens (including phenoxy) is 2. The van der Waals surface area contributed by atoms with Gasteiger partial charge in [0.05, 0.1) is 19.3 Å². The Labute approximate surface area is 138 Å². The summed E-state index contributed by atoms with van der Waals surface area (Å²) in [5, 5.41) is 0. The van der Waals surface area contributed by atoms with Crippen LogP contribution in [0.5, 0.6) is 0 Å². The molecule has 0 radical (unpaired) electrons. The predicted molar refractivity (Wildman–Crippen MR) is 90.5 cm³/mol. The molecule has 2 saturated heterocycles. The Kier molecular flexibility index (Phi) is 5.20. The molecule has 1 aromatic rings. The molecule has 0 amide bonds. The smallest absolute Gasteiger partial charge is 0.105 e. The Morgan fingerprint density at radius 2 is 2.27 bits per heavy atom. The molecular formula is C17H28N2O2S. The third kappa shape index (κ3) is 4.09. The predicted octanol–water partition coefficient (Wildman–Crippen LogP) is 2.37. The van der Waals surface area contributed by atoms with Gasteiger partial charge in [-0.05, 0) is 46.0 Å². The molecule has 0 N–H and O–H groups in total. The maximum absolute atomic E-state index is 6.45. The second kappa shape index (κ2) is 6.97. The Balaban J connectivity index is 1.62. The van der Waals surface area contributed by atoms with Gasteiger partial charge in [0.1, 0.15) is 5.60 Å². The van der Waals surface area contributed by atoms with Crippen molar-refractivity contribution in [2.24, 2.45) is 0 Å². The molecule has 4 nitrogen and oxygen atoms in total. The monoisotopic (exact) mass is 324 g/mol. The summed E-state index contributed by atoms with van der Waals surface area (Å²) in [6.07, 6.45) is 2.61. The van der Waals surface area contributed by atoms with Crippen molar-refractivity contribution in [3.05, 3.63) is 21.9 Å². The van der Waals surface area contributed by atoms with Crippen molar-refractivity contribution < 1.29 is 9.47 Å². The van der Waals surface area contributed by atoms with Crippen molar-refractivity contribution >= 4 is 11.3 Å². The lowest BCUT2D eigenvalue weighted by molar-refractivity contribution is -0.0901. The summed E-state index contributed by atoms with van der Waals surface area (Å²) in [4.78, 5) is 7.56. The van der Waals surface area contributed by atoms with E-state index in [1.165, 1.54) is 9.75 Å². The molecule has 0 bridgehead atoms. The summed E-state index contributed by atoms with van der Waals surface area (Å²) in [5.74, 6) is 0. The van der Waals surface area contributed by atoms with Crippen molar-refractivity contribution in [1.29, 1.82) is 0 Å². The number of hydrogen-bond acceptors (Lipinski definition) is 5. The highest BCUT2D eigenvalue weighted by atomic mass is 32.1. The van der Waals surface area contributed by atoms with Crippen molar-refractivity contribution in [3.8, 4) is 0 Å². The van der Waals surface area contributed by atoms with Crippen LogP contribution in [0.2, 0.25) is 0 Å². The van der Waals surface area contributed by atoms with Crippen LogP contribution in [0.25, 0.3) is 0 Å². The standard InChI is InChI=1S/C17H28N2O2S/c1-14-4-5-16(22-14)11-19-8-9-20-13-17(12-19)7-6-15(21-17)10-18(2)3/h4-5,15H,6-13H2,1-3H3. The van der Waals surface area contributed by atoms with Gasteiger partial charge in [-0.15, -0.1) is 11.3 Å². The van der Waals surface area contributed by atoms with Crippen LogP contribution < -0.4 is 0 Å². The molecule has 1 aromatic heterocycles. The van der Waals surface area contributed by atoms with E-state index in [4.69, 9.17) is 9.47 Å². The average molecular weight is 324 g/mol. The molecule has 0 aliphatic carbocycles. The zero-order valence-electron chi connectivity index (χ0n) is 14.0. The fraction of sp³-hybridized carbons (Fsp3) is 0.765. The first-order valence-electron chi connectivity index (χ1n) is 8.23. The van der Waals surface area contributed by atoms with E-state index in [1.807, 2.05) is 11.3 Å². The molecule has 2 atom stereocenters. The van der Waals surface area contributed by atoms with Gasteiger partial charge in [0.2, 0.25) is 0 Å². The largest absolute Gasteiger partial charge is 0.377 e. The molecule has 0 aromatic carbocycles. The van der Waals surface area contributed by atoms with Crippen LogP contribution in [0.15, 0.2) is 12.1 Å². The molecule has 0 saturated carbocycles. The van der Waals surface area contributed by atoms with Crippen LogP contribution in [0.4, 0.5) is 0 Å². The van der Waals surface area contributed by atoms with Gasteiger partial charge in [0.25, 0.3) is 0 Å². The Hall–Kier alpha value is -0.460. The number of rotatable bonds is 4. The fourth-order valence-electron chi connectivity index (χ4n) is 3.56. The van der Waals surface area contributed by atoms with E-state index in [9.17, 15) is 0 Å². The molecule has 2 aliphatic heterocycles. The van der Waals surface area contributed by atoms with E-state index in [2.05, 4.69) is 43.0 Å². The number of thiophene rings is 1. The Bertz CT molecular complexity index is 491. The molecule has 2 aliphatic rings. The summed E-state index contributed by atoms with van der Waals surface area (Å²) in [6.45, 7) is 7.75. The van der Waals surface area contributed by atoms with E-state index >= 15 is 0 Å². The topological polar surface area (TPSA) is 24.9 Å². The zero-order chi connectivity index (χ0) is 15.6. The highest BCUT2D eigenvalue weighted by Crippen LogP contribution is 2.34. The number of aryl methyl sites for hydroxylation is 1. The maximum atomic E-state index is 6.45. The number of likely N-dealkylation sites (N-methyl/N-ethyl adjacent to an activating group) is 1. The van der Waals surface area contributed by atoms with Crippen molar-refractivity contribution in [3.63, 3.8) is 0 Å². The number of nitrogens with zero attached hydrogens (tertiary/aromatic N) is 2. The summed E-state index contributed by atoms with van der Waals surface area (Å²) in [5.41, 5.74) is -0.0938. The third-order valence-corrected chi connectivity index (χ3v) is 5.50. The minimum absolute atomic E-state index is 0.0938. The second-order valence-electron chi connectivity index (χ2n) is 7.00. The minimum atomic E-state index is -0.0938. The van der Waals surface area contributed by atoms with E-state index in [-0.39, 0.29) is 5.60 Å². The van der Waals surface area contributed by atoms with Crippen LogP contribution in [-0.2, 0) is 16.0 Å². The van der Waals surface area contributed by atoms with Gasteiger partial charge in [-0.25, -0.2) is 0 Å². The average Bonchev–Trinajstić information content (AvgIpc) is 2.95. The Morgan fingerprint density at radius 1 is 1.41 bits per heavy atom. The highest BCUT2D eigenvalue weighted by Gasteiger charge is 2.43. The maximum Gasteiger partial charge on any atom is 0.105 e. The lowest BCUT2D eigenvalue weighted by Crippen LogP contribution is -2.44. The van der Waals surface area contributed by atoms with Gasteiger partial charge < -0.3 is 14.4 Å². The van der Waals surface area contributed by atoms with E-state index in [0.29, 0.717) is 6.10 Å².